The summed E-state index contributed by atoms with van der Waals surface area (Å²) in [7, 11) is -2.16. The van der Waals surface area contributed by atoms with Crippen LogP contribution in [0.25, 0.3) is 11.1 Å². The van der Waals surface area contributed by atoms with Crippen LogP contribution in [0.2, 0.25) is 0 Å². The molecule has 1 atom stereocenters. The molecular weight excluding hydrogens is 418 g/mol. The molecule has 1 aliphatic carbocycles. The van der Waals surface area contributed by atoms with Crippen LogP contribution in [-0.4, -0.2) is 36.4 Å². The molecule has 1 aromatic heterocycles. The van der Waals surface area contributed by atoms with E-state index < -0.39 is 22.0 Å². The van der Waals surface area contributed by atoms with Crippen LogP contribution >= 0.6 is 0 Å². The summed E-state index contributed by atoms with van der Waals surface area (Å²) in [4.78, 5) is 11.2. The number of methoxy groups -OCH3 is 1. The SMILES string of the molecule is COc1cccc(-c2ccc(S(=O)(=O)NC3CCCc4c3cnn4CC(=O)O)cc2)c1. The van der Waals surface area contributed by atoms with Gasteiger partial charge in [0, 0.05) is 11.3 Å². The van der Waals surface area contributed by atoms with Crippen molar-refractivity contribution in [3.05, 3.63) is 66.0 Å². The Morgan fingerprint density at radius 1 is 1.23 bits per heavy atom. The minimum atomic E-state index is -3.76. The third kappa shape index (κ3) is 4.47. The first-order valence-corrected chi connectivity index (χ1v) is 11.4. The van der Waals surface area contributed by atoms with Crippen molar-refractivity contribution in [2.75, 3.05) is 7.11 Å². The lowest BCUT2D eigenvalue weighted by molar-refractivity contribution is -0.137. The number of nitrogens with one attached hydrogen (secondary N) is 1. The molecule has 4 rings (SSSR count). The van der Waals surface area contributed by atoms with E-state index >= 15 is 0 Å². The molecule has 0 fully saturated rings. The van der Waals surface area contributed by atoms with Crippen LogP contribution in [0.1, 0.15) is 30.1 Å². The average molecular weight is 442 g/mol. The summed E-state index contributed by atoms with van der Waals surface area (Å²) in [6.45, 7) is -0.236. The van der Waals surface area contributed by atoms with Crippen molar-refractivity contribution >= 4 is 16.0 Å². The maximum atomic E-state index is 13.0. The van der Waals surface area contributed by atoms with Gasteiger partial charge in [0.2, 0.25) is 10.0 Å². The molecule has 0 spiro atoms. The fourth-order valence-corrected chi connectivity index (χ4v) is 5.14. The Morgan fingerprint density at radius 2 is 2.00 bits per heavy atom. The fourth-order valence-electron chi connectivity index (χ4n) is 3.89. The van der Waals surface area contributed by atoms with E-state index in [-0.39, 0.29) is 11.4 Å². The van der Waals surface area contributed by atoms with Gasteiger partial charge in [0.05, 0.1) is 24.2 Å². The zero-order chi connectivity index (χ0) is 22.0. The van der Waals surface area contributed by atoms with E-state index in [0.717, 1.165) is 34.6 Å². The van der Waals surface area contributed by atoms with Crippen LogP contribution in [0.3, 0.4) is 0 Å². The van der Waals surface area contributed by atoms with Crippen LogP contribution in [0, 0.1) is 0 Å². The normalized spacial score (nSPS) is 16.0. The highest BCUT2D eigenvalue weighted by atomic mass is 32.2. The topological polar surface area (TPSA) is 111 Å². The van der Waals surface area contributed by atoms with Crippen molar-refractivity contribution in [2.45, 2.75) is 36.7 Å². The highest BCUT2D eigenvalue weighted by Gasteiger charge is 2.29. The molecule has 0 bridgehead atoms. The number of carboxylic acid groups (broad SMARTS) is 1. The maximum absolute atomic E-state index is 13.0. The Hall–Kier alpha value is -3.17. The van der Waals surface area contributed by atoms with Crippen molar-refractivity contribution in [3.8, 4) is 16.9 Å². The Kier molecular flexibility index (Phi) is 5.79. The molecule has 31 heavy (non-hydrogen) atoms. The van der Waals surface area contributed by atoms with Gasteiger partial charge in [-0.15, -0.1) is 0 Å². The summed E-state index contributed by atoms with van der Waals surface area (Å²) >= 11 is 0. The number of carbonyl (C=O) groups is 1. The number of aliphatic carboxylic acids is 1. The third-order valence-corrected chi connectivity index (χ3v) is 6.90. The van der Waals surface area contributed by atoms with E-state index in [0.29, 0.717) is 12.8 Å². The van der Waals surface area contributed by atoms with Gasteiger partial charge in [-0.2, -0.15) is 5.10 Å². The van der Waals surface area contributed by atoms with Crippen LogP contribution in [-0.2, 0) is 27.8 Å². The average Bonchev–Trinajstić information content (AvgIpc) is 3.17. The summed E-state index contributed by atoms with van der Waals surface area (Å²) < 4.78 is 35.4. The number of fused-ring (bicyclic) bond motifs is 1. The molecule has 0 amide bonds. The molecule has 162 valence electrons. The predicted molar refractivity (Wildman–Crippen MR) is 114 cm³/mol. The minimum absolute atomic E-state index is 0.171. The Morgan fingerprint density at radius 3 is 2.71 bits per heavy atom. The van der Waals surface area contributed by atoms with Crippen molar-refractivity contribution in [3.63, 3.8) is 0 Å². The summed E-state index contributed by atoms with van der Waals surface area (Å²) in [5.74, 6) is -0.253. The summed E-state index contributed by atoms with van der Waals surface area (Å²) in [5.41, 5.74) is 3.32. The largest absolute Gasteiger partial charge is 0.497 e. The van der Waals surface area contributed by atoms with E-state index in [1.165, 1.54) is 4.68 Å². The number of nitrogens with zero attached hydrogens (tertiary/aromatic N) is 2. The molecule has 0 saturated carbocycles. The molecule has 1 unspecified atom stereocenters. The van der Waals surface area contributed by atoms with Crippen molar-refractivity contribution in [1.82, 2.24) is 14.5 Å². The van der Waals surface area contributed by atoms with Gasteiger partial charge < -0.3 is 9.84 Å². The van der Waals surface area contributed by atoms with Crippen LogP contribution < -0.4 is 9.46 Å². The highest BCUT2D eigenvalue weighted by Crippen LogP contribution is 2.31. The second-order valence-electron chi connectivity index (χ2n) is 7.42. The monoisotopic (exact) mass is 441 g/mol. The molecule has 2 N–H and O–H groups in total. The van der Waals surface area contributed by atoms with Crippen molar-refractivity contribution < 1.29 is 23.1 Å². The molecule has 2 aromatic carbocycles. The van der Waals surface area contributed by atoms with E-state index in [1.54, 1.807) is 37.6 Å². The standard InChI is InChI=1S/C22H23N3O5S/c1-30-17-5-2-4-16(12-17)15-8-10-18(11-9-15)31(28,29)24-20-6-3-7-21-19(20)13-23-25(21)14-22(26)27/h2,4-5,8-13,20,24H,3,6-7,14H2,1H3,(H,26,27). The molecule has 0 radical (unpaired) electrons. The number of aromatic nitrogens is 2. The van der Waals surface area contributed by atoms with Gasteiger partial charge in [0.15, 0.2) is 0 Å². The molecule has 9 heteroatoms. The first kappa shape index (κ1) is 21.1. The van der Waals surface area contributed by atoms with Crippen molar-refractivity contribution in [1.29, 1.82) is 0 Å². The van der Waals surface area contributed by atoms with Crippen molar-refractivity contribution in [2.24, 2.45) is 0 Å². The molecule has 1 heterocycles. The first-order chi connectivity index (χ1) is 14.9. The maximum Gasteiger partial charge on any atom is 0.325 e. The van der Waals surface area contributed by atoms with Gasteiger partial charge in [-0.3, -0.25) is 9.48 Å². The number of carboxylic acids is 1. The van der Waals surface area contributed by atoms with Gasteiger partial charge in [0.25, 0.3) is 0 Å². The summed E-state index contributed by atoms with van der Waals surface area (Å²) in [6, 6.07) is 13.8. The van der Waals surface area contributed by atoms with Crippen LogP contribution in [0.5, 0.6) is 5.75 Å². The predicted octanol–water partition coefficient (Wildman–Crippen LogP) is 3.00. The lowest BCUT2D eigenvalue weighted by Crippen LogP contribution is -2.31. The van der Waals surface area contributed by atoms with Crippen LogP contribution in [0.4, 0.5) is 0 Å². The van der Waals surface area contributed by atoms with Gasteiger partial charge in [-0.1, -0.05) is 24.3 Å². The van der Waals surface area contributed by atoms with Crippen LogP contribution in [0.15, 0.2) is 59.6 Å². The third-order valence-electron chi connectivity index (χ3n) is 5.41. The highest BCUT2D eigenvalue weighted by molar-refractivity contribution is 7.89. The smallest absolute Gasteiger partial charge is 0.325 e. The van der Waals surface area contributed by atoms with E-state index in [9.17, 15) is 13.2 Å². The second-order valence-corrected chi connectivity index (χ2v) is 9.13. The molecule has 0 saturated heterocycles. The number of benzene rings is 2. The number of rotatable bonds is 7. The number of ether oxygens (including phenoxy) is 1. The van der Waals surface area contributed by atoms with E-state index in [1.807, 2.05) is 24.3 Å². The first-order valence-electron chi connectivity index (χ1n) is 9.90. The Labute approximate surface area is 180 Å². The lowest BCUT2D eigenvalue weighted by Gasteiger charge is -2.24. The molecule has 3 aromatic rings. The Bertz CT molecular complexity index is 1200. The molecule has 1 aliphatic rings. The zero-order valence-electron chi connectivity index (χ0n) is 17.0. The van der Waals surface area contributed by atoms with Gasteiger partial charge >= 0.3 is 5.97 Å². The minimum Gasteiger partial charge on any atom is -0.497 e. The lowest BCUT2D eigenvalue weighted by atomic mass is 9.94. The molecular formula is C22H23N3O5S. The van der Waals surface area contributed by atoms with Gasteiger partial charge in [-0.25, -0.2) is 13.1 Å². The number of hydrogen-bond donors (Lipinski definition) is 2. The number of sulfonamides is 1. The quantitative estimate of drug-likeness (QED) is 0.583. The van der Waals surface area contributed by atoms with E-state index in [4.69, 9.17) is 9.84 Å². The fraction of sp³-hybridized carbons (Fsp3) is 0.273. The zero-order valence-corrected chi connectivity index (χ0v) is 17.8. The summed E-state index contributed by atoms with van der Waals surface area (Å²) in [5, 5.41) is 13.2. The Balaban J connectivity index is 1.55. The number of hydrogen-bond acceptors (Lipinski definition) is 5. The van der Waals surface area contributed by atoms with Gasteiger partial charge in [0.1, 0.15) is 12.3 Å². The van der Waals surface area contributed by atoms with Gasteiger partial charge in [-0.05, 0) is 54.7 Å². The second kappa shape index (κ2) is 8.52. The molecule has 0 aliphatic heterocycles. The molecule has 8 nitrogen and oxygen atoms in total. The summed E-state index contributed by atoms with van der Waals surface area (Å²) in [6.07, 6.45) is 3.62. The van der Waals surface area contributed by atoms with E-state index in [2.05, 4.69) is 9.82 Å².